The van der Waals surface area contributed by atoms with Gasteiger partial charge in [-0.25, -0.2) is 0 Å². The molecule has 100 valence electrons. The fraction of sp³-hybridized carbons (Fsp3) is 0.588. The van der Waals surface area contributed by atoms with E-state index >= 15 is 0 Å². The molecule has 1 aromatic carbocycles. The molecule has 3 fully saturated rings. The lowest BCUT2D eigenvalue weighted by molar-refractivity contribution is 0.127. The first-order valence-electron chi connectivity index (χ1n) is 7.64. The molecule has 19 heavy (non-hydrogen) atoms. The molecule has 3 aliphatic carbocycles. The van der Waals surface area contributed by atoms with Crippen molar-refractivity contribution in [1.29, 1.82) is 0 Å². The van der Waals surface area contributed by atoms with Gasteiger partial charge >= 0.3 is 0 Å². The van der Waals surface area contributed by atoms with Gasteiger partial charge in [0, 0.05) is 5.92 Å². The van der Waals surface area contributed by atoms with Crippen molar-refractivity contribution in [3.05, 3.63) is 35.9 Å². The molecule has 4 atom stereocenters. The molecule has 0 aliphatic heterocycles. The van der Waals surface area contributed by atoms with Crippen LogP contribution in [0.3, 0.4) is 0 Å². The van der Waals surface area contributed by atoms with Crippen LogP contribution in [0.15, 0.2) is 35.5 Å². The first-order valence-corrected chi connectivity index (χ1v) is 7.64. The van der Waals surface area contributed by atoms with Crippen LogP contribution in [0.2, 0.25) is 0 Å². The summed E-state index contributed by atoms with van der Waals surface area (Å²) in [5.74, 6) is 3.65. The van der Waals surface area contributed by atoms with Gasteiger partial charge < -0.3 is 4.84 Å². The zero-order valence-electron chi connectivity index (χ0n) is 11.3. The van der Waals surface area contributed by atoms with Crippen LogP contribution < -0.4 is 0 Å². The molecule has 3 aliphatic rings. The molecule has 2 bridgehead atoms. The van der Waals surface area contributed by atoms with Crippen LogP contribution in [-0.2, 0) is 11.4 Å². The Bertz CT molecular complexity index is 481. The number of rotatable bonds is 3. The first-order chi connectivity index (χ1) is 9.42. The van der Waals surface area contributed by atoms with Crippen molar-refractivity contribution < 1.29 is 4.84 Å². The average Bonchev–Trinajstić information content (AvgIpc) is 3.12. The molecule has 4 rings (SSSR count). The minimum absolute atomic E-state index is 0.607. The summed E-state index contributed by atoms with van der Waals surface area (Å²) in [4.78, 5) is 5.59. The van der Waals surface area contributed by atoms with Gasteiger partial charge in [-0.3, -0.25) is 0 Å². The van der Waals surface area contributed by atoms with E-state index in [2.05, 4.69) is 17.3 Å². The molecule has 0 amide bonds. The molecule has 0 unspecified atom stereocenters. The van der Waals surface area contributed by atoms with Gasteiger partial charge in [0.1, 0.15) is 6.61 Å². The minimum atomic E-state index is 0.607. The second-order valence-electron chi connectivity index (χ2n) is 6.41. The van der Waals surface area contributed by atoms with E-state index in [9.17, 15) is 0 Å². The van der Waals surface area contributed by atoms with E-state index in [4.69, 9.17) is 4.84 Å². The predicted octanol–water partition coefficient (Wildman–Crippen LogP) is 4.02. The Kier molecular flexibility index (Phi) is 2.82. The van der Waals surface area contributed by atoms with Crippen LogP contribution in [0.5, 0.6) is 0 Å². The van der Waals surface area contributed by atoms with E-state index in [1.807, 2.05) is 18.2 Å². The fourth-order valence-electron chi connectivity index (χ4n) is 4.68. The Morgan fingerprint density at radius 1 is 1.11 bits per heavy atom. The van der Waals surface area contributed by atoms with Crippen molar-refractivity contribution in [2.45, 2.75) is 38.7 Å². The predicted molar refractivity (Wildman–Crippen MR) is 75.7 cm³/mol. The van der Waals surface area contributed by atoms with Crippen LogP contribution >= 0.6 is 0 Å². The molecule has 0 heterocycles. The number of benzene rings is 1. The lowest BCUT2D eigenvalue weighted by Crippen LogP contribution is -2.24. The molecule has 0 aromatic heterocycles. The number of hydrogen-bond donors (Lipinski definition) is 0. The van der Waals surface area contributed by atoms with Gasteiger partial charge in [-0.1, -0.05) is 41.9 Å². The van der Waals surface area contributed by atoms with Gasteiger partial charge in [-0.15, -0.1) is 0 Å². The van der Waals surface area contributed by atoms with Gasteiger partial charge in [-0.05, 0) is 49.0 Å². The molecule has 3 saturated carbocycles. The lowest BCUT2D eigenvalue weighted by atomic mass is 9.81. The summed E-state index contributed by atoms with van der Waals surface area (Å²) < 4.78 is 0. The van der Waals surface area contributed by atoms with Crippen molar-refractivity contribution in [2.24, 2.45) is 28.8 Å². The van der Waals surface area contributed by atoms with Gasteiger partial charge in [0.15, 0.2) is 0 Å². The smallest absolute Gasteiger partial charge is 0.142 e. The number of fused-ring (bicyclic) bond motifs is 5. The molecule has 0 spiro atoms. The highest BCUT2D eigenvalue weighted by molar-refractivity contribution is 5.90. The maximum atomic E-state index is 5.59. The van der Waals surface area contributed by atoms with E-state index in [0.29, 0.717) is 6.61 Å². The molecular weight excluding hydrogens is 234 g/mol. The molecule has 2 heteroatoms. The van der Waals surface area contributed by atoms with Crippen molar-refractivity contribution in [3.63, 3.8) is 0 Å². The van der Waals surface area contributed by atoms with Crippen LogP contribution in [0.4, 0.5) is 0 Å². The number of oxime groups is 1. The highest BCUT2D eigenvalue weighted by Crippen LogP contribution is 2.57. The molecule has 0 radical (unpaired) electrons. The van der Waals surface area contributed by atoms with E-state index in [-0.39, 0.29) is 0 Å². The molecule has 1 aromatic rings. The van der Waals surface area contributed by atoms with Crippen molar-refractivity contribution >= 4 is 5.71 Å². The Morgan fingerprint density at radius 3 is 2.84 bits per heavy atom. The molecular formula is C17H21NO. The largest absolute Gasteiger partial charge is 0.391 e. The van der Waals surface area contributed by atoms with Gasteiger partial charge in [0.25, 0.3) is 0 Å². The normalized spacial score (nSPS) is 37.8. The summed E-state index contributed by atoms with van der Waals surface area (Å²) in [7, 11) is 0. The quantitative estimate of drug-likeness (QED) is 0.748. The van der Waals surface area contributed by atoms with E-state index < -0.39 is 0 Å². The summed E-state index contributed by atoms with van der Waals surface area (Å²) in [6, 6.07) is 10.3. The Morgan fingerprint density at radius 2 is 1.95 bits per heavy atom. The molecule has 2 nitrogen and oxygen atoms in total. The topological polar surface area (TPSA) is 21.6 Å². The van der Waals surface area contributed by atoms with Crippen molar-refractivity contribution in [1.82, 2.24) is 0 Å². The average molecular weight is 255 g/mol. The third-order valence-corrected chi connectivity index (χ3v) is 5.46. The molecule has 0 saturated heterocycles. The standard InChI is InChI=1S/C17H21NO/c1-2-5-12(6-3-1)11-19-18-17-10-13-9-16(17)15-8-4-7-14(13)15/h1-3,5-6,13-16H,4,7-11H2/b18-17+/t13-,14-,15-,16-/m0/s1. The van der Waals surface area contributed by atoms with Crippen LogP contribution in [-0.4, -0.2) is 5.71 Å². The Labute approximate surface area is 114 Å². The SMILES string of the molecule is c1ccc(CO/N=C2\C[C@@H]3C[C@H]2[C@H]2CCC[C@@H]32)cc1. The monoisotopic (exact) mass is 255 g/mol. The second-order valence-corrected chi connectivity index (χ2v) is 6.41. The van der Waals surface area contributed by atoms with E-state index in [0.717, 1.165) is 23.7 Å². The van der Waals surface area contributed by atoms with Crippen molar-refractivity contribution in [3.8, 4) is 0 Å². The third kappa shape index (κ3) is 1.98. The number of hydrogen-bond acceptors (Lipinski definition) is 2. The van der Waals surface area contributed by atoms with E-state index in [1.54, 1.807) is 0 Å². The summed E-state index contributed by atoms with van der Waals surface area (Å²) in [5, 5.41) is 4.48. The van der Waals surface area contributed by atoms with E-state index in [1.165, 1.54) is 43.4 Å². The van der Waals surface area contributed by atoms with Crippen LogP contribution in [0.25, 0.3) is 0 Å². The summed E-state index contributed by atoms with van der Waals surface area (Å²) in [6.07, 6.45) is 6.96. The van der Waals surface area contributed by atoms with Gasteiger partial charge in [0.05, 0.1) is 5.71 Å². The Balaban J connectivity index is 1.40. The lowest BCUT2D eigenvalue weighted by Gasteiger charge is -2.25. The summed E-state index contributed by atoms with van der Waals surface area (Å²) in [6.45, 7) is 0.607. The highest BCUT2D eigenvalue weighted by Gasteiger charge is 2.52. The zero-order valence-corrected chi connectivity index (χ0v) is 11.3. The second kappa shape index (κ2) is 4.66. The van der Waals surface area contributed by atoms with Gasteiger partial charge in [-0.2, -0.15) is 0 Å². The number of nitrogens with zero attached hydrogens (tertiary/aromatic N) is 1. The van der Waals surface area contributed by atoms with Gasteiger partial charge in [0.2, 0.25) is 0 Å². The summed E-state index contributed by atoms with van der Waals surface area (Å²) >= 11 is 0. The fourth-order valence-corrected chi connectivity index (χ4v) is 4.68. The maximum Gasteiger partial charge on any atom is 0.142 e. The van der Waals surface area contributed by atoms with Crippen LogP contribution in [0, 0.1) is 23.7 Å². The molecule has 0 N–H and O–H groups in total. The maximum absolute atomic E-state index is 5.59. The minimum Gasteiger partial charge on any atom is -0.391 e. The van der Waals surface area contributed by atoms with Crippen LogP contribution in [0.1, 0.15) is 37.7 Å². The highest BCUT2D eigenvalue weighted by atomic mass is 16.6. The zero-order chi connectivity index (χ0) is 12.7. The van der Waals surface area contributed by atoms with Crippen molar-refractivity contribution in [2.75, 3.05) is 0 Å². The summed E-state index contributed by atoms with van der Waals surface area (Å²) in [5.41, 5.74) is 2.57. The third-order valence-electron chi connectivity index (χ3n) is 5.46. The Hall–Kier alpha value is -1.31. The first kappa shape index (κ1) is 11.5.